The van der Waals surface area contributed by atoms with Gasteiger partial charge < -0.3 is 15.0 Å². The molecule has 1 aromatic heterocycles. The summed E-state index contributed by atoms with van der Waals surface area (Å²) >= 11 is 0. The van der Waals surface area contributed by atoms with Gasteiger partial charge in [-0.15, -0.1) is 0 Å². The highest BCUT2D eigenvalue weighted by atomic mass is 16.5. The first-order valence-electron chi connectivity index (χ1n) is 4.75. The van der Waals surface area contributed by atoms with E-state index < -0.39 is 0 Å². The number of imidazole rings is 1. The average molecular weight is 179 g/mol. The minimum atomic E-state index is 0.174. The Bertz CT molecular complexity index is 330. The normalized spacial score (nSPS) is 27.3. The maximum absolute atomic E-state index is 5.44. The molecule has 0 saturated carbocycles. The average Bonchev–Trinajstić information content (AvgIpc) is 2.51. The van der Waals surface area contributed by atoms with Crippen LogP contribution in [0, 0.1) is 0 Å². The van der Waals surface area contributed by atoms with Crippen molar-refractivity contribution in [2.45, 2.75) is 25.6 Å². The van der Waals surface area contributed by atoms with Crippen LogP contribution in [-0.4, -0.2) is 23.1 Å². The van der Waals surface area contributed by atoms with Crippen molar-refractivity contribution in [1.29, 1.82) is 0 Å². The van der Waals surface area contributed by atoms with E-state index in [4.69, 9.17) is 4.74 Å². The third kappa shape index (κ3) is 1.02. The second kappa shape index (κ2) is 2.56. The summed E-state index contributed by atoms with van der Waals surface area (Å²) in [5.41, 5.74) is 2.29. The van der Waals surface area contributed by atoms with Gasteiger partial charge in [0.15, 0.2) is 0 Å². The van der Waals surface area contributed by atoms with E-state index in [0.717, 1.165) is 24.6 Å². The van der Waals surface area contributed by atoms with Crippen LogP contribution < -0.4 is 5.32 Å². The second-order valence-corrected chi connectivity index (χ2v) is 3.79. The van der Waals surface area contributed by atoms with Crippen LogP contribution in [0.25, 0.3) is 0 Å². The Hall–Kier alpha value is -0.870. The second-order valence-electron chi connectivity index (χ2n) is 3.79. The molecule has 2 aliphatic heterocycles. The molecule has 0 bridgehead atoms. The molecule has 0 aromatic carbocycles. The molecule has 0 spiro atoms. The fraction of sp³-hybridized carbons (Fsp3) is 0.667. The van der Waals surface area contributed by atoms with Crippen molar-refractivity contribution in [3.05, 3.63) is 17.2 Å². The van der Waals surface area contributed by atoms with E-state index in [1.54, 1.807) is 0 Å². The minimum Gasteiger partial charge on any atom is -0.366 e. The van der Waals surface area contributed by atoms with Crippen LogP contribution in [0.1, 0.15) is 36.2 Å². The molecule has 1 atom stereocenters. The Morgan fingerprint density at radius 3 is 2.92 bits per heavy atom. The molecule has 1 unspecified atom stereocenters. The molecule has 1 fully saturated rings. The van der Waals surface area contributed by atoms with Crippen molar-refractivity contribution in [2.75, 3.05) is 13.1 Å². The van der Waals surface area contributed by atoms with E-state index in [0.29, 0.717) is 12.5 Å². The monoisotopic (exact) mass is 179 g/mol. The van der Waals surface area contributed by atoms with Gasteiger partial charge in [-0.25, -0.2) is 4.98 Å². The summed E-state index contributed by atoms with van der Waals surface area (Å²) in [5.74, 6) is 1.73. The summed E-state index contributed by atoms with van der Waals surface area (Å²) in [4.78, 5) is 7.92. The fourth-order valence-electron chi connectivity index (χ4n) is 1.85. The third-order valence-electron chi connectivity index (χ3n) is 2.86. The van der Waals surface area contributed by atoms with Crippen molar-refractivity contribution in [3.63, 3.8) is 0 Å². The van der Waals surface area contributed by atoms with Crippen LogP contribution in [0.2, 0.25) is 0 Å². The maximum atomic E-state index is 5.44. The van der Waals surface area contributed by atoms with Crippen LogP contribution in [0.5, 0.6) is 0 Å². The SMILES string of the molecule is CC1OCc2[nH]c(C3CNC3)nc21. The number of ether oxygens (including phenoxy) is 1. The number of fused-ring (bicyclic) bond motifs is 1. The number of nitrogens with zero attached hydrogens (tertiary/aromatic N) is 1. The highest BCUT2D eigenvalue weighted by Crippen LogP contribution is 2.30. The summed E-state index contributed by atoms with van der Waals surface area (Å²) in [6.45, 7) is 4.86. The van der Waals surface area contributed by atoms with Gasteiger partial charge in [-0.3, -0.25) is 0 Å². The zero-order chi connectivity index (χ0) is 8.84. The number of hydrogen-bond acceptors (Lipinski definition) is 3. The van der Waals surface area contributed by atoms with Crippen LogP contribution in [-0.2, 0) is 11.3 Å². The van der Waals surface area contributed by atoms with E-state index in [1.807, 2.05) is 0 Å². The van der Waals surface area contributed by atoms with E-state index in [9.17, 15) is 0 Å². The van der Waals surface area contributed by atoms with Gasteiger partial charge in [-0.2, -0.15) is 0 Å². The van der Waals surface area contributed by atoms with Crippen LogP contribution in [0.4, 0.5) is 0 Å². The van der Waals surface area contributed by atoms with Gasteiger partial charge in [0.2, 0.25) is 0 Å². The van der Waals surface area contributed by atoms with E-state index >= 15 is 0 Å². The fourth-order valence-corrected chi connectivity index (χ4v) is 1.85. The molecule has 2 aliphatic rings. The molecule has 0 amide bonds. The van der Waals surface area contributed by atoms with Gasteiger partial charge in [0.1, 0.15) is 5.82 Å². The highest BCUT2D eigenvalue weighted by molar-refractivity contribution is 5.22. The molecule has 70 valence electrons. The Morgan fingerprint density at radius 2 is 2.31 bits per heavy atom. The van der Waals surface area contributed by atoms with Crippen molar-refractivity contribution in [2.24, 2.45) is 0 Å². The number of aromatic amines is 1. The first-order chi connectivity index (χ1) is 6.34. The van der Waals surface area contributed by atoms with Crippen molar-refractivity contribution in [1.82, 2.24) is 15.3 Å². The van der Waals surface area contributed by atoms with Gasteiger partial charge >= 0.3 is 0 Å². The van der Waals surface area contributed by atoms with Gasteiger partial charge in [0.25, 0.3) is 0 Å². The molecular weight excluding hydrogens is 166 g/mol. The van der Waals surface area contributed by atoms with Gasteiger partial charge in [0.05, 0.1) is 24.1 Å². The van der Waals surface area contributed by atoms with Crippen LogP contribution in [0.3, 0.4) is 0 Å². The van der Waals surface area contributed by atoms with E-state index in [1.165, 1.54) is 5.69 Å². The van der Waals surface area contributed by atoms with Crippen molar-refractivity contribution in [3.8, 4) is 0 Å². The predicted octanol–water partition coefficient (Wildman–Crippen LogP) is 0.688. The number of aromatic nitrogens is 2. The molecule has 1 aromatic rings. The predicted molar refractivity (Wildman–Crippen MR) is 47.4 cm³/mol. The summed E-state index contributed by atoms with van der Waals surface area (Å²) in [7, 11) is 0. The molecule has 1 saturated heterocycles. The van der Waals surface area contributed by atoms with E-state index in [-0.39, 0.29) is 6.10 Å². The maximum Gasteiger partial charge on any atom is 0.112 e. The minimum absolute atomic E-state index is 0.174. The molecule has 0 aliphatic carbocycles. The number of nitrogens with one attached hydrogen (secondary N) is 2. The lowest BCUT2D eigenvalue weighted by Gasteiger charge is -2.25. The molecular formula is C9H13N3O. The Morgan fingerprint density at radius 1 is 1.46 bits per heavy atom. The summed E-state index contributed by atoms with van der Waals surface area (Å²) in [6.07, 6.45) is 0.174. The lowest BCUT2D eigenvalue weighted by Crippen LogP contribution is -2.40. The molecule has 0 radical (unpaired) electrons. The van der Waals surface area contributed by atoms with Gasteiger partial charge in [0, 0.05) is 19.0 Å². The first-order valence-corrected chi connectivity index (χ1v) is 4.75. The molecule has 4 nitrogen and oxygen atoms in total. The zero-order valence-electron chi connectivity index (χ0n) is 7.63. The Kier molecular flexibility index (Phi) is 1.48. The zero-order valence-corrected chi connectivity index (χ0v) is 7.63. The summed E-state index contributed by atoms with van der Waals surface area (Å²) < 4.78 is 5.44. The van der Waals surface area contributed by atoms with Crippen LogP contribution >= 0.6 is 0 Å². The number of hydrogen-bond donors (Lipinski definition) is 2. The highest BCUT2D eigenvalue weighted by Gasteiger charge is 2.28. The van der Waals surface area contributed by atoms with Gasteiger partial charge in [-0.05, 0) is 6.92 Å². The molecule has 13 heavy (non-hydrogen) atoms. The third-order valence-corrected chi connectivity index (χ3v) is 2.86. The quantitative estimate of drug-likeness (QED) is 0.666. The molecule has 3 heterocycles. The lowest BCUT2D eigenvalue weighted by atomic mass is 10.0. The Labute approximate surface area is 76.7 Å². The van der Waals surface area contributed by atoms with Crippen molar-refractivity contribution >= 4 is 0 Å². The topological polar surface area (TPSA) is 49.9 Å². The van der Waals surface area contributed by atoms with Crippen LogP contribution in [0.15, 0.2) is 0 Å². The largest absolute Gasteiger partial charge is 0.366 e. The summed E-state index contributed by atoms with van der Waals surface area (Å²) in [6, 6.07) is 0. The summed E-state index contributed by atoms with van der Waals surface area (Å²) in [5, 5.41) is 3.24. The standard InChI is InChI=1S/C9H13N3O/c1-5-8-7(4-13-5)11-9(12-8)6-2-10-3-6/h5-6,10H,2-4H2,1H3,(H,11,12). The van der Waals surface area contributed by atoms with Crippen molar-refractivity contribution < 1.29 is 4.74 Å². The number of rotatable bonds is 1. The Balaban J connectivity index is 1.93. The first kappa shape index (κ1) is 7.53. The molecule has 2 N–H and O–H groups in total. The lowest BCUT2D eigenvalue weighted by molar-refractivity contribution is 0.0756. The smallest absolute Gasteiger partial charge is 0.112 e. The van der Waals surface area contributed by atoms with Gasteiger partial charge in [-0.1, -0.05) is 0 Å². The van der Waals surface area contributed by atoms with E-state index in [2.05, 4.69) is 22.2 Å². The molecule has 3 rings (SSSR count). The number of H-pyrrole nitrogens is 1. The molecule has 4 heteroatoms.